The van der Waals surface area contributed by atoms with Crippen LogP contribution in [0.15, 0.2) is 54.6 Å². The lowest BCUT2D eigenvalue weighted by atomic mass is 10.1. The summed E-state index contributed by atoms with van der Waals surface area (Å²) in [5.74, 6) is -10.4. The molecule has 0 spiro atoms. The second-order valence-corrected chi connectivity index (χ2v) is 8.73. The monoisotopic (exact) mass is 540 g/mol. The van der Waals surface area contributed by atoms with Gasteiger partial charge in [0.1, 0.15) is 12.0 Å². The van der Waals surface area contributed by atoms with E-state index < -0.39 is 54.2 Å². The highest BCUT2D eigenvalue weighted by Gasteiger charge is 2.57. The van der Waals surface area contributed by atoms with Crippen LogP contribution in [0.25, 0.3) is 0 Å². The highest BCUT2D eigenvalue weighted by atomic mass is 19.4. The largest absolute Gasteiger partial charge is 0.455 e. The van der Waals surface area contributed by atoms with E-state index in [2.05, 4.69) is 5.32 Å². The molecule has 3 rings (SSSR count). The number of fused-ring (bicyclic) bond motifs is 1. The van der Waals surface area contributed by atoms with E-state index in [1.54, 1.807) is 54.6 Å². The van der Waals surface area contributed by atoms with Gasteiger partial charge in [-0.15, -0.1) is 0 Å². The first-order valence-electron chi connectivity index (χ1n) is 11.5. The molecule has 1 heterocycles. The van der Waals surface area contributed by atoms with Crippen molar-refractivity contribution in [2.24, 2.45) is 5.92 Å². The Balaban J connectivity index is 1.84. The van der Waals surface area contributed by atoms with Crippen molar-refractivity contribution in [1.29, 1.82) is 0 Å². The van der Waals surface area contributed by atoms with Gasteiger partial charge >= 0.3 is 12.1 Å². The van der Waals surface area contributed by atoms with Crippen LogP contribution in [0.3, 0.4) is 0 Å². The first-order chi connectivity index (χ1) is 17.7. The Labute approximate surface area is 214 Å². The number of hydrogen-bond donors (Lipinski definition) is 2. The Kier molecular flexibility index (Phi) is 8.38. The fraction of sp³-hybridized carbons (Fsp3) is 0.360. The zero-order chi connectivity index (χ0) is 28.3. The molecule has 0 radical (unpaired) electrons. The van der Waals surface area contributed by atoms with E-state index in [9.17, 15) is 41.1 Å². The number of nitrogens with zero attached hydrogens (tertiary/aromatic N) is 2. The summed E-state index contributed by atoms with van der Waals surface area (Å²) in [5.41, 5.74) is 1.55. The van der Waals surface area contributed by atoms with Gasteiger partial charge in [-0.05, 0) is 24.6 Å². The average molecular weight is 540 g/mol. The molecule has 0 saturated heterocycles. The Bertz CT molecular complexity index is 1210. The van der Waals surface area contributed by atoms with Gasteiger partial charge in [0, 0.05) is 6.92 Å². The number of anilines is 2. The van der Waals surface area contributed by atoms with Gasteiger partial charge in [-0.1, -0.05) is 42.5 Å². The topological polar surface area (TPSA) is 98.8 Å². The maximum absolute atomic E-state index is 13.6. The molecule has 38 heavy (non-hydrogen) atoms. The van der Waals surface area contributed by atoms with E-state index in [0.29, 0.717) is 11.4 Å². The van der Waals surface area contributed by atoms with Crippen LogP contribution >= 0.6 is 0 Å². The Morgan fingerprint density at radius 3 is 2.11 bits per heavy atom. The molecule has 0 aromatic heterocycles. The SMILES string of the molecule is CC(=O)N1C[C@H](NC(=O)C(C)C(=O)NCC(F)(F)C(F)(F)F)C(=O)N(Cc2ccccc2)c2ccccc21. The molecule has 4 amide bonds. The summed E-state index contributed by atoms with van der Waals surface area (Å²) in [7, 11) is 0. The highest BCUT2D eigenvalue weighted by Crippen LogP contribution is 2.35. The van der Waals surface area contributed by atoms with E-state index >= 15 is 0 Å². The Hall–Kier alpha value is -4.03. The van der Waals surface area contributed by atoms with Crippen molar-refractivity contribution in [3.05, 3.63) is 60.2 Å². The molecule has 1 aliphatic rings. The zero-order valence-corrected chi connectivity index (χ0v) is 20.4. The average Bonchev–Trinajstić information content (AvgIpc) is 2.97. The van der Waals surface area contributed by atoms with Crippen LogP contribution in [0.4, 0.5) is 33.3 Å². The second kappa shape index (κ2) is 11.2. The van der Waals surface area contributed by atoms with Crippen molar-refractivity contribution < 1.29 is 41.1 Å². The van der Waals surface area contributed by atoms with Crippen molar-refractivity contribution in [1.82, 2.24) is 10.6 Å². The second-order valence-electron chi connectivity index (χ2n) is 8.73. The molecule has 2 atom stereocenters. The number of halogens is 5. The first-order valence-corrected chi connectivity index (χ1v) is 11.5. The Morgan fingerprint density at radius 1 is 0.947 bits per heavy atom. The van der Waals surface area contributed by atoms with Crippen LogP contribution in [0.1, 0.15) is 19.4 Å². The molecular weight excluding hydrogens is 515 g/mol. The normalized spacial score (nSPS) is 16.8. The highest BCUT2D eigenvalue weighted by molar-refractivity contribution is 6.08. The lowest BCUT2D eigenvalue weighted by molar-refractivity contribution is -0.278. The summed E-state index contributed by atoms with van der Waals surface area (Å²) < 4.78 is 63.5. The number of para-hydroxylation sites is 2. The number of nitrogens with one attached hydrogen (secondary N) is 2. The number of carbonyl (C=O) groups is 4. The smallest absolute Gasteiger partial charge is 0.349 e. The molecule has 8 nitrogen and oxygen atoms in total. The fourth-order valence-corrected chi connectivity index (χ4v) is 3.79. The van der Waals surface area contributed by atoms with E-state index in [-0.39, 0.29) is 13.1 Å². The molecule has 2 aromatic carbocycles. The quantitative estimate of drug-likeness (QED) is 0.417. The molecule has 2 aromatic rings. The predicted molar refractivity (Wildman–Crippen MR) is 127 cm³/mol. The number of amides is 4. The molecule has 0 aliphatic carbocycles. The van der Waals surface area contributed by atoms with Gasteiger partial charge < -0.3 is 20.4 Å². The van der Waals surface area contributed by atoms with Gasteiger partial charge in [0.15, 0.2) is 0 Å². The third-order valence-corrected chi connectivity index (χ3v) is 5.96. The summed E-state index contributed by atoms with van der Waals surface area (Å²) in [6.45, 7) is -0.00561. The van der Waals surface area contributed by atoms with Gasteiger partial charge in [0.25, 0.3) is 5.91 Å². The zero-order valence-electron chi connectivity index (χ0n) is 20.4. The molecular formula is C25H25F5N4O4. The number of carbonyl (C=O) groups excluding carboxylic acids is 4. The lowest BCUT2D eigenvalue weighted by Crippen LogP contribution is -2.55. The molecule has 204 valence electrons. The number of benzene rings is 2. The van der Waals surface area contributed by atoms with Crippen molar-refractivity contribution in [3.8, 4) is 0 Å². The third-order valence-electron chi connectivity index (χ3n) is 5.96. The van der Waals surface area contributed by atoms with Crippen LogP contribution in [0.2, 0.25) is 0 Å². The van der Waals surface area contributed by atoms with E-state index in [1.807, 2.05) is 0 Å². The third kappa shape index (κ3) is 6.26. The summed E-state index contributed by atoms with van der Waals surface area (Å²) >= 11 is 0. The maximum atomic E-state index is 13.6. The molecule has 0 bridgehead atoms. The minimum absolute atomic E-state index is 0.0807. The van der Waals surface area contributed by atoms with Crippen molar-refractivity contribution in [2.75, 3.05) is 22.9 Å². The molecule has 0 fully saturated rings. The maximum Gasteiger partial charge on any atom is 0.455 e. The predicted octanol–water partition coefficient (Wildman–Crippen LogP) is 3.02. The van der Waals surface area contributed by atoms with Gasteiger partial charge in [-0.25, -0.2) is 0 Å². The van der Waals surface area contributed by atoms with Crippen molar-refractivity contribution >= 4 is 35.0 Å². The Morgan fingerprint density at radius 2 is 1.53 bits per heavy atom. The van der Waals surface area contributed by atoms with Crippen LogP contribution in [-0.4, -0.2) is 54.9 Å². The molecule has 0 saturated carbocycles. The van der Waals surface area contributed by atoms with E-state index in [4.69, 9.17) is 0 Å². The van der Waals surface area contributed by atoms with Crippen molar-refractivity contribution in [3.63, 3.8) is 0 Å². The minimum Gasteiger partial charge on any atom is -0.349 e. The van der Waals surface area contributed by atoms with Crippen LogP contribution in [-0.2, 0) is 25.7 Å². The number of alkyl halides is 5. The van der Waals surface area contributed by atoms with Crippen LogP contribution in [0, 0.1) is 5.92 Å². The molecule has 2 N–H and O–H groups in total. The van der Waals surface area contributed by atoms with Gasteiger partial charge in [-0.2, -0.15) is 22.0 Å². The summed E-state index contributed by atoms with van der Waals surface area (Å²) in [6, 6.07) is 14.1. The van der Waals surface area contributed by atoms with Gasteiger partial charge in [0.2, 0.25) is 17.7 Å². The summed E-state index contributed by atoms with van der Waals surface area (Å²) in [4.78, 5) is 53.7. The molecule has 13 heteroatoms. The fourth-order valence-electron chi connectivity index (χ4n) is 3.79. The molecule has 1 unspecified atom stereocenters. The molecule has 1 aliphatic heterocycles. The lowest BCUT2D eigenvalue weighted by Gasteiger charge is -2.26. The van der Waals surface area contributed by atoms with Crippen LogP contribution < -0.4 is 20.4 Å². The van der Waals surface area contributed by atoms with Crippen LogP contribution in [0.5, 0.6) is 0 Å². The van der Waals surface area contributed by atoms with E-state index in [0.717, 1.165) is 12.5 Å². The number of rotatable bonds is 7. The minimum atomic E-state index is -5.88. The number of hydrogen-bond acceptors (Lipinski definition) is 4. The first kappa shape index (κ1) is 28.5. The van der Waals surface area contributed by atoms with Gasteiger partial charge in [0.05, 0.1) is 31.0 Å². The standard InChI is InChI=1S/C25H25F5N4O4/c1-15(21(36)31-14-24(26,27)25(28,29)30)22(37)32-18-13-33(16(2)35)19-10-6-7-11-20(19)34(23(18)38)12-17-8-4-3-5-9-17/h3-11,15,18H,12-14H2,1-2H3,(H,31,36)(H,32,37)/t15?,18-/m0/s1. The van der Waals surface area contributed by atoms with Gasteiger partial charge in [-0.3, -0.25) is 19.2 Å². The summed E-state index contributed by atoms with van der Waals surface area (Å²) in [5, 5.41) is 3.78. The summed E-state index contributed by atoms with van der Waals surface area (Å²) in [6.07, 6.45) is -5.88. The van der Waals surface area contributed by atoms with Crippen molar-refractivity contribution in [2.45, 2.75) is 38.5 Å². The van der Waals surface area contributed by atoms with E-state index in [1.165, 1.54) is 22.0 Å².